The topological polar surface area (TPSA) is 22.4 Å². The van der Waals surface area contributed by atoms with Gasteiger partial charge in [0.25, 0.3) is 0 Å². The van der Waals surface area contributed by atoms with Crippen molar-refractivity contribution in [3.8, 4) is 5.75 Å². The van der Waals surface area contributed by atoms with E-state index in [9.17, 15) is 0 Å². The average molecular weight is 394 g/mol. The summed E-state index contributed by atoms with van der Waals surface area (Å²) in [7, 11) is 0. The van der Waals surface area contributed by atoms with Gasteiger partial charge in [0.15, 0.2) is 5.22 Å². The highest BCUT2D eigenvalue weighted by Crippen LogP contribution is 2.39. The maximum Gasteiger partial charge on any atom is 0.193 e. The van der Waals surface area contributed by atoms with E-state index in [1.54, 1.807) is 6.07 Å². The SMILES string of the molecule is CCOc1ccc(Br)cc1C(Br)c1ccc(Cl)o1. The monoisotopic (exact) mass is 392 g/mol. The molecule has 0 amide bonds. The fourth-order valence-electron chi connectivity index (χ4n) is 1.62. The molecule has 1 aromatic heterocycles. The van der Waals surface area contributed by atoms with Crippen LogP contribution in [0.25, 0.3) is 0 Å². The Morgan fingerprint density at radius 3 is 2.72 bits per heavy atom. The molecule has 2 aromatic rings. The molecule has 0 saturated heterocycles. The van der Waals surface area contributed by atoms with Crippen molar-refractivity contribution in [1.29, 1.82) is 0 Å². The van der Waals surface area contributed by atoms with Crippen LogP contribution in [0, 0.1) is 0 Å². The Hall–Kier alpha value is -0.450. The second-order valence-electron chi connectivity index (χ2n) is 3.62. The van der Waals surface area contributed by atoms with Crippen molar-refractivity contribution in [3.63, 3.8) is 0 Å². The van der Waals surface area contributed by atoms with E-state index >= 15 is 0 Å². The summed E-state index contributed by atoms with van der Waals surface area (Å²) in [4.78, 5) is -0.0935. The number of alkyl halides is 1. The zero-order valence-corrected chi connectivity index (χ0v) is 13.5. The molecule has 96 valence electrons. The van der Waals surface area contributed by atoms with E-state index in [0.29, 0.717) is 11.8 Å². The van der Waals surface area contributed by atoms with Gasteiger partial charge in [0, 0.05) is 10.0 Å². The summed E-state index contributed by atoms with van der Waals surface area (Å²) in [6.45, 7) is 2.58. The van der Waals surface area contributed by atoms with E-state index in [1.807, 2.05) is 31.2 Å². The van der Waals surface area contributed by atoms with Crippen molar-refractivity contribution in [1.82, 2.24) is 0 Å². The highest BCUT2D eigenvalue weighted by Gasteiger charge is 2.19. The molecule has 0 aliphatic rings. The minimum absolute atomic E-state index is 0.0935. The van der Waals surface area contributed by atoms with Gasteiger partial charge in [-0.25, -0.2) is 0 Å². The lowest BCUT2D eigenvalue weighted by Crippen LogP contribution is -1.99. The van der Waals surface area contributed by atoms with Gasteiger partial charge >= 0.3 is 0 Å². The van der Waals surface area contributed by atoms with Crippen molar-refractivity contribution in [2.75, 3.05) is 6.61 Å². The Morgan fingerprint density at radius 2 is 2.11 bits per heavy atom. The summed E-state index contributed by atoms with van der Waals surface area (Å²) in [6.07, 6.45) is 0. The maximum atomic E-state index is 5.80. The lowest BCUT2D eigenvalue weighted by Gasteiger charge is -2.14. The minimum atomic E-state index is -0.0935. The Balaban J connectivity index is 2.39. The van der Waals surface area contributed by atoms with Crippen LogP contribution in [0.4, 0.5) is 0 Å². The number of rotatable bonds is 4. The molecule has 2 nitrogen and oxygen atoms in total. The van der Waals surface area contributed by atoms with E-state index in [4.69, 9.17) is 20.8 Å². The van der Waals surface area contributed by atoms with E-state index in [2.05, 4.69) is 31.9 Å². The largest absolute Gasteiger partial charge is 0.494 e. The maximum absolute atomic E-state index is 5.80. The van der Waals surface area contributed by atoms with Crippen LogP contribution < -0.4 is 4.74 Å². The smallest absolute Gasteiger partial charge is 0.193 e. The summed E-state index contributed by atoms with van der Waals surface area (Å²) < 4.78 is 12.0. The van der Waals surface area contributed by atoms with E-state index in [1.165, 1.54) is 0 Å². The molecule has 0 aliphatic heterocycles. The zero-order valence-electron chi connectivity index (χ0n) is 9.62. The van der Waals surface area contributed by atoms with Gasteiger partial charge in [0.05, 0.1) is 6.61 Å². The van der Waals surface area contributed by atoms with Crippen LogP contribution in [0.3, 0.4) is 0 Å². The molecule has 5 heteroatoms. The van der Waals surface area contributed by atoms with Crippen LogP contribution in [0.15, 0.2) is 39.2 Å². The number of hydrogen-bond donors (Lipinski definition) is 0. The number of ether oxygens (including phenoxy) is 1. The number of halogens is 3. The number of furan rings is 1. The van der Waals surface area contributed by atoms with Crippen molar-refractivity contribution in [2.45, 2.75) is 11.8 Å². The molecule has 0 saturated carbocycles. The summed E-state index contributed by atoms with van der Waals surface area (Å²) >= 11 is 12.9. The first kappa shape index (κ1) is 14.0. The Labute approximate surface area is 128 Å². The Kier molecular flexibility index (Phi) is 4.76. The molecule has 0 spiro atoms. The summed E-state index contributed by atoms with van der Waals surface area (Å²) in [5.41, 5.74) is 0.997. The molecule has 0 aliphatic carbocycles. The van der Waals surface area contributed by atoms with Crippen LogP contribution >= 0.6 is 43.5 Å². The third-order valence-corrected chi connectivity index (χ3v) is 4.03. The molecule has 0 N–H and O–H groups in total. The molecule has 18 heavy (non-hydrogen) atoms. The quantitative estimate of drug-likeness (QED) is 0.632. The average Bonchev–Trinajstić information content (AvgIpc) is 2.77. The third kappa shape index (κ3) is 3.11. The first-order valence-corrected chi connectivity index (χ1v) is 7.52. The Morgan fingerprint density at radius 1 is 1.33 bits per heavy atom. The first-order valence-electron chi connectivity index (χ1n) is 5.43. The van der Waals surface area contributed by atoms with Crippen LogP contribution in [0.2, 0.25) is 5.22 Å². The first-order chi connectivity index (χ1) is 8.61. The van der Waals surface area contributed by atoms with Crippen molar-refractivity contribution < 1.29 is 9.15 Å². The molecular formula is C13H11Br2ClO2. The molecule has 0 bridgehead atoms. The predicted octanol–water partition coefficient (Wildman–Crippen LogP) is 5.58. The molecular weight excluding hydrogens is 383 g/mol. The second kappa shape index (κ2) is 6.13. The van der Waals surface area contributed by atoms with Gasteiger partial charge in [-0.2, -0.15) is 0 Å². The lowest BCUT2D eigenvalue weighted by atomic mass is 10.1. The zero-order chi connectivity index (χ0) is 13.1. The minimum Gasteiger partial charge on any atom is -0.494 e. The molecule has 1 atom stereocenters. The number of hydrogen-bond acceptors (Lipinski definition) is 2. The fourth-order valence-corrected chi connectivity index (χ4v) is 2.76. The number of benzene rings is 1. The summed E-state index contributed by atoms with van der Waals surface area (Å²) in [5.74, 6) is 1.58. The van der Waals surface area contributed by atoms with Gasteiger partial charge in [-0.3, -0.25) is 0 Å². The molecule has 0 fully saturated rings. The van der Waals surface area contributed by atoms with Gasteiger partial charge < -0.3 is 9.15 Å². The van der Waals surface area contributed by atoms with Gasteiger partial charge in [-0.05, 0) is 48.9 Å². The van der Waals surface area contributed by atoms with Crippen molar-refractivity contribution >= 4 is 43.5 Å². The van der Waals surface area contributed by atoms with Gasteiger partial charge in [-0.1, -0.05) is 31.9 Å². The fraction of sp³-hybridized carbons (Fsp3) is 0.231. The highest BCUT2D eigenvalue weighted by atomic mass is 79.9. The van der Waals surface area contributed by atoms with E-state index in [0.717, 1.165) is 21.5 Å². The van der Waals surface area contributed by atoms with Crippen LogP contribution in [0.5, 0.6) is 5.75 Å². The molecule has 2 rings (SSSR count). The van der Waals surface area contributed by atoms with Crippen LogP contribution in [-0.2, 0) is 0 Å². The molecule has 0 radical (unpaired) electrons. The summed E-state index contributed by atoms with van der Waals surface area (Å²) in [6, 6.07) is 9.45. The van der Waals surface area contributed by atoms with E-state index < -0.39 is 0 Å². The normalized spacial score (nSPS) is 12.4. The van der Waals surface area contributed by atoms with Gasteiger partial charge in [-0.15, -0.1) is 0 Å². The van der Waals surface area contributed by atoms with Crippen molar-refractivity contribution in [3.05, 3.63) is 51.3 Å². The summed E-state index contributed by atoms with van der Waals surface area (Å²) in [5, 5.41) is 0.377. The predicted molar refractivity (Wildman–Crippen MR) is 79.8 cm³/mol. The standard InChI is InChI=1S/C13H11Br2ClO2/c1-2-17-10-4-3-8(14)7-9(10)13(15)11-5-6-12(16)18-11/h3-7,13H,2H2,1H3. The Bertz CT molecular complexity index is 540. The lowest BCUT2D eigenvalue weighted by molar-refractivity contribution is 0.336. The molecule has 1 unspecified atom stereocenters. The second-order valence-corrected chi connectivity index (χ2v) is 5.82. The molecule has 1 aromatic carbocycles. The van der Waals surface area contributed by atoms with E-state index in [-0.39, 0.29) is 4.83 Å². The highest BCUT2D eigenvalue weighted by molar-refractivity contribution is 9.10. The van der Waals surface area contributed by atoms with Gasteiger partial charge in [0.2, 0.25) is 0 Å². The van der Waals surface area contributed by atoms with Gasteiger partial charge in [0.1, 0.15) is 16.3 Å². The van der Waals surface area contributed by atoms with Crippen LogP contribution in [-0.4, -0.2) is 6.61 Å². The van der Waals surface area contributed by atoms with Crippen molar-refractivity contribution in [2.24, 2.45) is 0 Å². The molecule has 1 heterocycles. The van der Waals surface area contributed by atoms with Crippen LogP contribution in [0.1, 0.15) is 23.1 Å². The third-order valence-electron chi connectivity index (χ3n) is 2.39.